The molecule has 0 bridgehead atoms. The Morgan fingerprint density at radius 3 is 2.53 bits per heavy atom. The van der Waals surface area contributed by atoms with E-state index in [0.29, 0.717) is 24.2 Å². The van der Waals surface area contributed by atoms with E-state index in [1.165, 1.54) is 12.1 Å². The molecule has 1 aromatic rings. The Morgan fingerprint density at radius 2 is 1.94 bits per heavy atom. The van der Waals surface area contributed by atoms with E-state index >= 15 is 0 Å². The molecule has 3 nitrogen and oxygen atoms in total. The number of fused-ring (bicyclic) bond motifs is 1. The molecule has 1 amide bonds. The molecule has 1 heterocycles. The fourth-order valence-electron chi connectivity index (χ4n) is 2.06. The molecule has 0 aromatic heterocycles. The van der Waals surface area contributed by atoms with Gasteiger partial charge in [0.25, 0.3) is 0 Å². The number of anilines is 2. The Balaban J connectivity index is 2.47. The molecule has 5 heteroatoms. The molecular weight excluding hydrogens is 243 g/mol. The van der Waals surface area contributed by atoms with Crippen LogP contribution in [0.15, 0.2) is 12.1 Å². The highest BCUT2D eigenvalue weighted by Gasteiger charge is 2.39. The smallest absolute Gasteiger partial charge is 0.250 e. The van der Waals surface area contributed by atoms with Crippen LogP contribution < -0.4 is 10.6 Å². The van der Waals surface area contributed by atoms with Crippen molar-refractivity contribution in [3.8, 4) is 0 Å². The first-order valence-electron chi connectivity index (χ1n) is 5.61. The average Bonchev–Trinajstić information content (AvgIpc) is 2.31. The number of benzene rings is 1. The van der Waals surface area contributed by atoms with Crippen LogP contribution >= 0.6 is 11.6 Å². The number of carbonyl (C=O) groups excluding carboxylic acids is 1. The van der Waals surface area contributed by atoms with Crippen LogP contribution in [0.1, 0.15) is 26.7 Å². The number of halogens is 2. The molecule has 0 radical (unpaired) electrons. The molecule has 0 atom stereocenters. The van der Waals surface area contributed by atoms with E-state index in [1.807, 2.05) is 13.8 Å². The van der Waals surface area contributed by atoms with Crippen molar-refractivity contribution in [2.75, 3.05) is 10.6 Å². The van der Waals surface area contributed by atoms with Crippen LogP contribution in [-0.4, -0.2) is 11.4 Å². The third kappa shape index (κ3) is 1.86. The largest absolute Gasteiger partial charge is 0.369 e. The van der Waals surface area contributed by atoms with Crippen LogP contribution in [-0.2, 0) is 4.79 Å². The van der Waals surface area contributed by atoms with Crippen LogP contribution in [0.2, 0.25) is 5.02 Å². The standard InChI is InChI=1S/C12H14ClFN2O/c1-3-12(4-2)11(17)15-9-5-7(13)8(14)6-10(9)16-12/h5-6,16H,3-4H2,1-2H3,(H,15,17). The molecule has 0 spiro atoms. The van der Waals surface area contributed by atoms with Gasteiger partial charge < -0.3 is 10.6 Å². The van der Waals surface area contributed by atoms with E-state index in [9.17, 15) is 9.18 Å². The monoisotopic (exact) mass is 256 g/mol. The Kier molecular flexibility index (Phi) is 3.00. The Morgan fingerprint density at radius 1 is 1.29 bits per heavy atom. The third-order valence-corrected chi connectivity index (χ3v) is 3.61. The first kappa shape index (κ1) is 12.2. The maximum Gasteiger partial charge on any atom is 0.250 e. The highest BCUT2D eigenvalue weighted by atomic mass is 35.5. The minimum atomic E-state index is -0.659. The molecule has 1 aromatic carbocycles. The van der Waals surface area contributed by atoms with Crippen molar-refractivity contribution in [3.63, 3.8) is 0 Å². The molecule has 92 valence electrons. The zero-order valence-electron chi connectivity index (χ0n) is 9.73. The van der Waals surface area contributed by atoms with E-state index in [2.05, 4.69) is 10.6 Å². The number of rotatable bonds is 2. The quantitative estimate of drug-likeness (QED) is 0.852. The van der Waals surface area contributed by atoms with Gasteiger partial charge in [-0.05, 0) is 18.9 Å². The van der Waals surface area contributed by atoms with Gasteiger partial charge in [-0.15, -0.1) is 0 Å². The fraction of sp³-hybridized carbons (Fsp3) is 0.417. The van der Waals surface area contributed by atoms with Crippen molar-refractivity contribution in [1.29, 1.82) is 0 Å². The van der Waals surface area contributed by atoms with Crippen molar-refractivity contribution in [2.24, 2.45) is 0 Å². The summed E-state index contributed by atoms with van der Waals surface area (Å²) in [4.78, 5) is 12.0. The predicted octanol–water partition coefficient (Wildman–Crippen LogP) is 3.40. The zero-order valence-corrected chi connectivity index (χ0v) is 10.5. The molecule has 0 unspecified atom stereocenters. The summed E-state index contributed by atoms with van der Waals surface area (Å²) in [6.45, 7) is 3.85. The van der Waals surface area contributed by atoms with Gasteiger partial charge in [-0.1, -0.05) is 25.4 Å². The predicted molar refractivity (Wildman–Crippen MR) is 67.0 cm³/mol. The summed E-state index contributed by atoms with van der Waals surface area (Å²) in [6.07, 6.45) is 1.28. The lowest BCUT2D eigenvalue weighted by atomic mass is 9.89. The minimum Gasteiger partial charge on any atom is -0.369 e. The summed E-state index contributed by atoms with van der Waals surface area (Å²) in [5.74, 6) is -0.590. The van der Waals surface area contributed by atoms with Gasteiger partial charge in [0.15, 0.2) is 0 Å². The van der Waals surface area contributed by atoms with Gasteiger partial charge in [0, 0.05) is 6.07 Å². The van der Waals surface area contributed by atoms with Crippen molar-refractivity contribution < 1.29 is 9.18 Å². The summed E-state index contributed by atoms with van der Waals surface area (Å²) in [5.41, 5.74) is 0.446. The molecule has 0 saturated carbocycles. The van der Waals surface area contributed by atoms with Crippen LogP contribution in [0.3, 0.4) is 0 Å². The molecule has 0 aliphatic carbocycles. The van der Waals surface area contributed by atoms with Gasteiger partial charge in [0.2, 0.25) is 5.91 Å². The number of amides is 1. The summed E-state index contributed by atoms with van der Waals surface area (Å²) in [6, 6.07) is 2.74. The summed E-state index contributed by atoms with van der Waals surface area (Å²) < 4.78 is 13.4. The van der Waals surface area contributed by atoms with Gasteiger partial charge in [0.05, 0.1) is 16.4 Å². The molecule has 2 rings (SSSR count). The van der Waals surface area contributed by atoms with Gasteiger partial charge >= 0.3 is 0 Å². The molecule has 17 heavy (non-hydrogen) atoms. The maximum absolute atomic E-state index is 13.4. The Bertz CT molecular complexity index is 472. The first-order chi connectivity index (χ1) is 8.02. The number of carbonyl (C=O) groups is 1. The van der Waals surface area contributed by atoms with E-state index in [4.69, 9.17) is 11.6 Å². The Labute approximate surface area is 104 Å². The van der Waals surface area contributed by atoms with Crippen LogP contribution in [0, 0.1) is 5.82 Å². The number of hydrogen-bond donors (Lipinski definition) is 2. The highest BCUT2D eigenvalue weighted by Crippen LogP contribution is 2.36. The van der Waals surface area contributed by atoms with Gasteiger partial charge in [0.1, 0.15) is 11.4 Å². The maximum atomic E-state index is 13.4. The second-order valence-corrected chi connectivity index (χ2v) is 4.59. The lowest BCUT2D eigenvalue weighted by Crippen LogP contribution is -2.51. The summed E-state index contributed by atoms with van der Waals surface area (Å²) in [5, 5.41) is 5.89. The number of hydrogen-bond acceptors (Lipinski definition) is 2. The Hall–Kier alpha value is -1.29. The minimum absolute atomic E-state index is 0.00588. The van der Waals surface area contributed by atoms with E-state index in [0.717, 1.165) is 0 Å². The van der Waals surface area contributed by atoms with E-state index < -0.39 is 11.4 Å². The van der Waals surface area contributed by atoms with Gasteiger partial charge in [-0.3, -0.25) is 4.79 Å². The third-order valence-electron chi connectivity index (χ3n) is 3.32. The van der Waals surface area contributed by atoms with Crippen LogP contribution in [0.4, 0.5) is 15.8 Å². The normalized spacial score (nSPS) is 17.1. The van der Waals surface area contributed by atoms with Crippen molar-refractivity contribution in [3.05, 3.63) is 23.0 Å². The van der Waals surface area contributed by atoms with Gasteiger partial charge in [-0.25, -0.2) is 4.39 Å². The second kappa shape index (κ2) is 4.18. The van der Waals surface area contributed by atoms with E-state index in [-0.39, 0.29) is 10.9 Å². The van der Waals surface area contributed by atoms with Gasteiger partial charge in [-0.2, -0.15) is 0 Å². The molecule has 0 fully saturated rings. The van der Waals surface area contributed by atoms with Crippen molar-refractivity contribution in [2.45, 2.75) is 32.2 Å². The highest BCUT2D eigenvalue weighted by molar-refractivity contribution is 6.31. The molecular formula is C12H14ClFN2O. The number of nitrogens with one attached hydrogen (secondary N) is 2. The van der Waals surface area contributed by atoms with Crippen molar-refractivity contribution in [1.82, 2.24) is 0 Å². The lowest BCUT2D eigenvalue weighted by Gasteiger charge is -2.37. The topological polar surface area (TPSA) is 41.1 Å². The van der Waals surface area contributed by atoms with E-state index in [1.54, 1.807) is 0 Å². The second-order valence-electron chi connectivity index (χ2n) is 4.18. The lowest BCUT2D eigenvalue weighted by molar-refractivity contribution is -0.120. The summed E-state index contributed by atoms with van der Waals surface area (Å²) >= 11 is 5.68. The fourth-order valence-corrected chi connectivity index (χ4v) is 2.22. The zero-order chi connectivity index (χ0) is 12.6. The molecule has 1 aliphatic heterocycles. The van der Waals surface area contributed by atoms with Crippen molar-refractivity contribution >= 4 is 28.9 Å². The SMILES string of the molecule is CCC1(CC)Nc2cc(F)c(Cl)cc2NC1=O. The molecule has 1 aliphatic rings. The summed E-state index contributed by atoms with van der Waals surface area (Å²) in [7, 11) is 0. The van der Waals surface area contributed by atoms with Crippen LogP contribution in [0.25, 0.3) is 0 Å². The van der Waals surface area contributed by atoms with Crippen LogP contribution in [0.5, 0.6) is 0 Å². The average molecular weight is 257 g/mol. The first-order valence-corrected chi connectivity index (χ1v) is 5.99. The molecule has 0 saturated heterocycles. The molecule has 2 N–H and O–H groups in total.